The standard InChI is InChI=1S/C12H10F2N2O2/c1-7(10-3-2-9(13)4-11(10)14)18-12(17)8-5-15-16-6-8/h2-7H,1H3,(H,15,16). The van der Waals surface area contributed by atoms with Gasteiger partial charge in [0, 0.05) is 17.8 Å². The molecule has 0 bridgehead atoms. The van der Waals surface area contributed by atoms with Gasteiger partial charge >= 0.3 is 5.97 Å². The molecule has 0 aliphatic rings. The Morgan fingerprint density at radius 3 is 2.83 bits per heavy atom. The zero-order valence-electron chi connectivity index (χ0n) is 9.48. The van der Waals surface area contributed by atoms with E-state index in [2.05, 4.69) is 10.2 Å². The number of nitrogens with zero attached hydrogens (tertiary/aromatic N) is 1. The maximum atomic E-state index is 13.4. The second kappa shape index (κ2) is 4.95. The van der Waals surface area contributed by atoms with Crippen molar-refractivity contribution in [2.75, 3.05) is 0 Å². The molecule has 6 heteroatoms. The molecule has 1 unspecified atom stereocenters. The summed E-state index contributed by atoms with van der Waals surface area (Å²) in [6.45, 7) is 1.51. The molecule has 0 saturated carbocycles. The molecule has 94 valence electrons. The molecule has 0 saturated heterocycles. The molecule has 1 N–H and O–H groups in total. The highest BCUT2D eigenvalue weighted by Gasteiger charge is 2.17. The van der Waals surface area contributed by atoms with Gasteiger partial charge in [-0.1, -0.05) is 0 Å². The van der Waals surface area contributed by atoms with E-state index in [1.807, 2.05) is 0 Å². The number of nitrogens with one attached hydrogen (secondary N) is 1. The van der Waals surface area contributed by atoms with Crippen molar-refractivity contribution in [3.05, 3.63) is 53.4 Å². The smallest absolute Gasteiger partial charge is 0.341 e. The second-order valence-electron chi connectivity index (χ2n) is 3.70. The summed E-state index contributed by atoms with van der Waals surface area (Å²) in [7, 11) is 0. The summed E-state index contributed by atoms with van der Waals surface area (Å²) in [6, 6.07) is 3.11. The Hall–Kier alpha value is -2.24. The number of hydrogen-bond acceptors (Lipinski definition) is 3. The summed E-state index contributed by atoms with van der Waals surface area (Å²) in [4.78, 5) is 11.6. The molecule has 0 amide bonds. The summed E-state index contributed by atoms with van der Waals surface area (Å²) in [5.41, 5.74) is 0.359. The van der Waals surface area contributed by atoms with Crippen LogP contribution in [0.5, 0.6) is 0 Å². The Labute approximate surface area is 102 Å². The van der Waals surface area contributed by atoms with E-state index in [1.54, 1.807) is 0 Å². The van der Waals surface area contributed by atoms with E-state index in [4.69, 9.17) is 4.74 Å². The van der Waals surface area contributed by atoms with Gasteiger partial charge in [0.15, 0.2) is 0 Å². The zero-order valence-corrected chi connectivity index (χ0v) is 9.48. The van der Waals surface area contributed by atoms with Gasteiger partial charge in [0.05, 0.1) is 11.8 Å². The molecule has 1 aromatic carbocycles. The second-order valence-corrected chi connectivity index (χ2v) is 3.70. The number of carbonyl (C=O) groups excluding carboxylic acids is 1. The minimum atomic E-state index is -0.812. The van der Waals surface area contributed by atoms with Crippen LogP contribution in [0.2, 0.25) is 0 Å². The third kappa shape index (κ3) is 2.53. The first-order chi connectivity index (χ1) is 8.58. The highest BCUT2D eigenvalue weighted by Crippen LogP contribution is 2.22. The van der Waals surface area contributed by atoms with Crippen molar-refractivity contribution < 1.29 is 18.3 Å². The largest absolute Gasteiger partial charge is 0.454 e. The normalized spacial score (nSPS) is 12.2. The summed E-state index contributed by atoms with van der Waals surface area (Å²) in [5.74, 6) is -2.05. The summed E-state index contributed by atoms with van der Waals surface area (Å²) in [5, 5.41) is 6.07. The van der Waals surface area contributed by atoms with Crippen LogP contribution in [0.4, 0.5) is 8.78 Å². The third-order valence-electron chi connectivity index (χ3n) is 2.42. The number of H-pyrrole nitrogens is 1. The monoisotopic (exact) mass is 252 g/mol. The quantitative estimate of drug-likeness (QED) is 0.854. The Bertz CT molecular complexity index is 555. The fourth-order valence-corrected chi connectivity index (χ4v) is 1.49. The van der Waals surface area contributed by atoms with Gasteiger partial charge in [0.25, 0.3) is 0 Å². The van der Waals surface area contributed by atoms with Crippen molar-refractivity contribution in [3.63, 3.8) is 0 Å². The van der Waals surface area contributed by atoms with Crippen molar-refractivity contribution in [2.24, 2.45) is 0 Å². The maximum absolute atomic E-state index is 13.4. The molecule has 4 nitrogen and oxygen atoms in total. The van der Waals surface area contributed by atoms with Crippen LogP contribution in [-0.2, 0) is 4.74 Å². The van der Waals surface area contributed by atoms with E-state index in [0.717, 1.165) is 12.1 Å². The summed E-state index contributed by atoms with van der Waals surface area (Å²) in [6.07, 6.45) is 1.86. The van der Waals surface area contributed by atoms with Crippen LogP contribution < -0.4 is 0 Å². The molecular weight excluding hydrogens is 242 g/mol. The highest BCUT2D eigenvalue weighted by molar-refractivity contribution is 5.88. The van der Waals surface area contributed by atoms with Crippen LogP contribution in [0.25, 0.3) is 0 Å². The van der Waals surface area contributed by atoms with Gasteiger partial charge in [-0.25, -0.2) is 13.6 Å². The predicted molar refractivity (Wildman–Crippen MR) is 58.8 cm³/mol. The molecule has 1 aromatic heterocycles. The first-order valence-corrected chi connectivity index (χ1v) is 5.22. The number of esters is 1. The zero-order chi connectivity index (χ0) is 13.1. The van der Waals surface area contributed by atoms with Crippen LogP contribution >= 0.6 is 0 Å². The molecule has 0 fully saturated rings. The lowest BCUT2D eigenvalue weighted by atomic mass is 10.1. The van der Waals surface area contributed by atoms with Gasteiger partial charge < -0.3 is 4.74 Å². The lowest BCUT2D eigenvalue weighted by Gasteiger charge is -2.13. The van der Waals surface area contributed by atoms with E-state index in [-0.39, 0.29) is 11.1 Å². The van der Waals surface area contributed by atoms with Gasteiger partial charge in [-0.2, -0.15) is 5.10 Å². The highest BCUT2D eigenvalue weighted by atomic mass is 19.1. The number of aromatic nitrogens is 2. The van der Waals surface area contributed by atoms with Crippen molar-refractivity contribution in [1.82, 2.24) is 10.2 Å². The van der Waals surface area contributed by atoms with Crippen LogP contribution in [-0.4, -0.2) is 16.2 Å². The van der Waals surface area contributed by atoms with E-state index >= 15 is 0 Å². The lowest BCUT2D eigenvalue weighted by molar-refractivity contribution is 0.0331. The fourth-order valence-electron chi connectivity index (χ4n) is 1.49. The molecule has 18 heavy (non-hydrogen) atoms. The topological polar surface area (TPSA) is 55.0 Å². The average Bonchev–Trinajstić information content (AvgIpc) is 2.81. The van der Waals surface area contributed by atoms with Crippen molar-refractivity contribution in [2.45, 2.75) is 13.0 Å². The first kappa shape index (κ1) is 12.2. The number of benzene rings is 1. The molecule has 1 atom stereocenters. The molecule has 0 spiro atoms. The molecular formula is C12H10F2N2O2. The molecule has 0 aliphatic heterocycles. The van der Waals surface area contributed by atoms with Gasteiger partial charge in [0.2, 0.25) is 0 Å². The van der Waals surface area contributed by atoms with Gasteiger partial charge in [-0.3, -0.25) is 5.10 Å². The number of ether oxygens (including phenoxy) is 1. The number of halogens is 2. The third-order valence-corrected chi connectivity index (χ3v) is 2.42. The Morgan fingerprint density at radius 1 is 1.44 bits per heavy atom. The Balaban J connectivity index is 2.12. The fraction of sp³-hybridized carbons (Fsp3) is 0.167. The van der Waals surface area contributed by atoms with Crippen LogP contribution in [0.1, 0.15) is 28.9 Å². The van der Waals surface area contributed by atoms with Gasteiger partial charge in [-0.15, -0.1) is 0 Å². The summed E-state index contributed by atoms with van der Waals surface area (Å²) >= 11 is 0. The van der Waals surface area contributed by atoms with Crippen molar-refractivity contribution >= 4 is 5.97 Å². The number of aromatic amines is 1. The van der Waals surface area contributed by atoms with Gasteiger partial charge in [0.1, 0.15) is 17.7 Å². The number of carbonyl (C=O) groups is 1. The number of rotatable bonds is 3. The van der Waals surface area contributed by atoms with Gasteiger partial charge in [-0.05, 0) is 19.1 Å². The first-order valence-electron chi connectivity index (χ1n) is 5.22. The maximum Gasteiger partial charge on any atom is 0.341 e. The van der Waals surface area contributed by atoms with Crippen LogP contribution in [0.15, 0.2) is 30.6 Å². The minimum Gasteiger partial charge on any atom is -0.454 e. The Morgan fingerprint density at radius 2 is 2.22 bits per heavy atom. The lowest BCUT2D eigenvalue weighted by Crippen LogP contribution is -2.10. The summed E-state index contributed by atoms with van der Waals surface area (Å²) < 4.78 is 31.2. The predicted octanol–water partition coefficient (Wildman–Crippen LogP) is 2.61. The van der Waals surface area contributed by atoms with E-state index in [1.165, 1.54) is 25.4 Å². The van der Waals surface area contributed by atoms with E-state index < -0.39 is 23.7 Å². The van der Waals surface area contributed by atoms with Crippen LogP contribution in [0.3, 0.4) is 0 Å². The molecule has 2 aromatic rings. The van der Waals surface area contributed by atoms with Crippen LogP contribution in [0, 0.1) is 11.6 Å². The minimum absolute atomic E-state index is 0.119. The Kier molecular flexibility index (Phi) is 3.36. The molecule has 2 rings (SSSR count). The van der Waals surface area contributed by atoms with Crippen molar-refractivity contribution in [3.8, 4) is 0 Å². The molecule has 0 aliphatic carbocycles. The van der Waals surface area contributed by atoms with E-state index in [0.29, 0.717) is 0 Å². The number of hydrogen-bond donors (Lipinski definition) is 1. The molecule has 0 radical (unpaired) electrons. The average molecular weight is 252 g/mol. The van der Waals surface area contributed by atoms with Crippen molar-refractivity contribution in [1.29, 1.82) is 0 Å². The molecule has 1 heterocycles. The van der Waals surface area contributed by atoms with E-state index in [9.17, 15) is 13.6 Å². The SMILES string of the molecule is CC(OC(=O)c1cn[nH]c1)c1ccc(F)cc1F.